The number of benzene rings is 1. The zero-order valence-corrected chi connectivity index (χ0v) is 13.7. The standard InChI is InChI=1S/C19H31N/c1-5-14-20-18(15-8-6-7-9-15)16-10-12-17(13-11-16)19(2,3)4/h10-13,15,18,20H,5-9,14H2,1-4H3. The third kappa shape index (κ3) is 3.85. The van der Waals surface area contributed by atoms with E-state index in [0.717, 1.165) is 12.5 Å². The van der Waals surface area contributed by atoms with Crippen molar-refractivity contribution in [2.24, 2.45) is 5.92 Å². The minimum Gasteiger partial charge on any atom is -0.310 e. The third-order valence-corrected chi connectivity index (χ3v) is 4.62. The van der Waals surface area contributed by atoms with Gasteiger partial charge in [0.25, 0.3) is 0 Å². The SMILES string of the molecule is CCCNC(c1ccc(C(C)(C)C)cc1)C1CCCC1. The normalized spacial score (nSPS) is 18.4. The van der Waals surface area contributed by atoms with Crippen molar-refractivity contribution in [2.45, 2.75) is 71.3 Å². The predicted molar refractivity (Wildman–Crippen MR) is 88.1 cm³/mol. The maximum atomic E-state index is 3.79. The first-order valence-electron chi connectivity index (χ1n) is 8.36. The lowest BCUT2D eigenvalue weighted by atomic mass is 9.84. The van der Waals surface area contributed by atoms with Gasteiger partial charge in [0, 0.05) is 6.04 Å². The Labute approximate surface area is 125 Å². The second-order valence-electron chi connectivity index (χ2n) is 7.35. The van der Waals surface area contributed by atoms with Crippen LogP contribution in [0.25, 0.3) is 0 Å². The molecule has 1 aliphatic carbocycles. The molecule has 1 aromatic rings. The summed E-state index contributed by atoms with van der Waals surface area (Å²) < 4.78 is 0. The fourth-order valence-corrected chi connectivity index (χ4v) is 3.34. The van der Waals surface area contributed by atoms with Crippen LogP contribution in [0, 0.1) is 5.92 Å². The molecule has 1 fully saturated rings. The molecule has 112 valence electrons. The van der Waals surface area contributed by atoms with Crippen LogP contribution in [0.3, 0.4) is 0 Å². The molecule has 1 nitrogen and oxygen atoms in total. The predicted octanol–water partition coefficient (Wildman–Crippen LogP) is 5.22. The summed E-state index contributed by atoms with van der Waals surface area (Å²) in [5, 5.41) is 3.79. The fourth-order valence-electron chi connectivity index (χ4n) is 3.34. The molecule has 1 heteroatoms. The second kappa shape index (κ2) is 6.76. The Hall–Kier alpha value is -0.820. The van der Waals surface area contributed by atoms with Crippen LogP contribution in [-0.4, -0.2) is 6.54 Å². The number of hydrogen-bond donors (Lipinski definition) is 1. The topological polar surface area (TPSA) is 12.0 Å². The van der Waals surface area contributed by atoms with E-state index in [9.17, 15) is 0 Å². The molecule has 1 N–H and O–H groups in total. The van der Waals surface area contributed by atoms with E-state index in [1.807, 2.05) is 0 Å². The van der Waals surface area contributed by atoms with Gasteiger partial charge in [0.2, 0.25) is 0 Å². The number of hydrogen-bond acceptors (Lipinski definition) is 1. The first-order chi connectivity index (χ1) is 9.52. The van der Waals surface area contributed by atoms with Gasteiger partial charge in [-0.25, -0.2) is 0 Å². The Kier molecular flexibility index (Phi) is 5.26. The lowest BCUT2D eigenvalue weighted by Crippen LogP contribution is -2.28. The van der Waals surface area contributed by atoms with Crippen molar-refractivity contribution in [1.29, 1.82) is 0 Å². The van der Waals surface area contributed by atoms with Gasteiger partial charge in [-0.1, -0.05) is 64.8 Å². The molecule has 1 aliphatic rings. The molecule has 2 rings (SSSR count). The highest BCUT2D eigenvalue weighted by atomic mass is 14.9. The van der Waals surface area contributed by atoms with E-state index in [4.69, 9.17) is 0 Å². The Morgan fingerprint density at radius 1 is 1.10 bits per heavy atom. The summed E-state index contributed by atoms with van der Waals surface area (Å²) in [4.78, 5) is 0. The lowest BCUT2D eigenvalue weighted by molar-refractivity contribution is 0.368. The van der Waals surface area contributed by atoms with Gasteiger partial charge in [0.1, 0.15) is 0 Å². The molecule has 0 spiro atoms. The molecular formula is C19H31N. The quantitative estimate of drug-likeness (QED) is 0.776. The van der Waals surface area contributed by atoms with Gasteiger partial charge < -0.3 is 5.32 Å². The largest absolute Gasteiger partial charge is 0.310 e. The Balaban J connectivity index is 2.15. The number of nitrogens with one attached hydrogen (secondary N) is 1. The van der Waals surface area contributed by atoms with Crippen molar-refractivity contribution in [2.75, 3.05) is 6.54 Å². The molecule has 1 saturated carbocycles. The van der Waals surface area contributed by atoms with E-state index in [1.165, 1.54) is 43.2 Å². The van der Waals surface area contributed by atoms with Crippen molar-refractivity contribution < 1.29 is 0 Å². The van der Waals surface area contributed by atoms with Crippen molar-refractivity contribution in [1.82, 2.24) is 5.32 Å². The van der Waals surface area contributed by atoms with Gasteiger partial charge in [0.05, 0.1) is 0 Å². The monoisotopic (exact) mass is 273 g/mol. The Bertz CT molecular complexity index is 393. The minimum atomic E-state index is 0.248. The Morgan fingerprint density at radius 2 is 1.70 bits per heavy atom. The maximum Gasteiger partial charge on any atom is 0.0348 e. The summed E-state index contributed by atoms with van der Waals surface area (Å²) in [6, 6.07) is 9.92. The summed E-state index contributed by atoms with van der Waals surface area (Å²) in [5.74, 6) is 0.835. The van der Waals surface area contributed by atoms with Gasteiger partial charge in [-0.2, -0.15) is 0 Å². The first-order valence-corrected chi connectivity index (χ1v) is 8.36. The van der Waals surface area contributed by atoms with Gasteiger partial charge in [0.15, 0.2) is 0 Å². The molecule has 0 heterocycles. The zero-order valence-electron chi connectivity index (χ0n) is 13.7. The lowest BCUT2D eigenvalue weighted by Gasteiger charge is -2.26. The molecule has 1 unspecified atom stereocenters. The average Bonchev–Trinajstić information content (AvgIpc) is 2.93. The van der Waals surface area contributed by atoms with Crippen molar-refractivity contribution in [3.05, 3.63) is 35.4 Å². The number of rotatable bonds is 5. The van der Waals surface area contributed by atoms with Gasteiger partial charge in [-0.3, -0.25) is 0 Å². The fraction of sp³-hybridized carbons (Fsp3) is 0.684. The van der Waals surface area contributed by atoms with Crippen LogP contribution in [0.2, 0.25) is 0 Å². The van der Waals surface area contributed by atoms with Crippen molar-refractivity contribution in [3.63, 3.8) is 0 Å². The summed E-state index contributed by atoms with van der Waals surface area (Å²) in [6.07, 6.45) is 6.82. The highest BCUT2D eigenvalue weighted by Crippen LogP contribution is 2.36. The van der Waals surface area contributed by atoms with Crippen LogP contribution >= 0.6 is 0 Å². The minimum absolute atomic E-state index is 0.248. The van der Waals surface area contributed by atoms with Crippen LogP contribution in [0.1, 0.15) is 77.0 Å². The van der Waals surface area contributed by atoms with E-state index in [-0.39, 0.29) is 5.41 Å². The highest BCUT2D eigenvalue weighted by Gasteiger charge is 2.26. The third-order valence-electron chi connectivity index (χ3n) is 4.62. The summed E-state index contributed by atoms with van der Waals surface area (Å²) >= 11 is 0. The van der Waals surface area contributed by atoms with E-state index in [2.05, 4.69) is 57.3 Å². The molecule has 0 amide bonds. The molecule has 0 radical (unpaired) electrons. The molecular weight excluding hydrogens is 242 g/mol. The van der Waals surface area contributed by atoms with Gasteiger partial charge >= 0.3 is 0 Å². The second-order valence-corrected chi connectivity index (χ2v) is 7.35. The summed E-state index contributed by atoms with van der Waals surface area (Å²) in [7, 11) is 0. The molecule has 1 atom stereocenters. The van der Waals surface area contributed by atoms with Crippen LogP contribution in [0.4, 0.5) is 0 Å². The van der Waals surface area contributed by atoms with Crippen LogP contribution in [0.15, 0.2) is 24.3 Å². The van der Waals surface area contributed by atoms with Crippen molar-refractivity contribution >= 4 is 0 Å². The smallest absolute Gasteiger partial charge is 0.0348 e. The van der Waals surface area contributed by atoms with E-state index in [0.29, 0.717) is 6.04 Å². The molecule has 0 saturated heterocycles. The summed E-state index contributed by atoms with van der Waals surface area (Å²) in [5.41, 5.74) is 3.17. The van der Waals surface area contributed by atoms with Crippen molar-refractivity contribution in [3.8, 4) is 0 Å². The molecule has 0 aromatic heterocycles. The molecule has 0 aliphatic heterocycles. The zero-order chi connectivity index (χ0) is 14.6. The van der Waals surface area contributed by atoms with Crippen LogP contribution in [0.5, 0.6) is 0 Å². The van der Waals surface area contributed by atoms with Gasteiger partial charge in [-0.15, -0.1) is 0 Å². The summed E-state index contributed by atoms with van der Waals surface area (Å²) in [6.45, 7) is 10.2. The van der Waals surface area contributed by atoms with E-state index < -0.39 is 0 Å². The molecule has 0 bridgehead atoms. The highest BCUT2D eigenvalue weighted by molar-refractivity contribution is 5.29. The molecule has 20 heavy (non-hydrogen) atoms. The van der Waals surface area contributed by atoms with E-state index in [1.54, 1.807) is 0 Å². The van der Waals surface area contributed by atoms with Gasteiger partial charge in [-0.05, 0) is 48.3 Å². The maximum absolute atomic E-state index is 3.79. The van der Waals surface area contributed by atoms with Crippen LogP contribution in [-0.2, 0) is 5.41 Å². The molecule has 1 aromatic carbocycles. The van der Waals surface area contributed by atoms with E-state index >= 15 is 0 Å². The first kappa shape index (κ1) is 15.6. The average molecular weight is 273 g/mol. The Morgan fingerprint density at radius 3 is 2.20 bits per heavy atom. The van der Waals surface area contributed by atoms with Crippen LogP contribution < -0.4 is 5.32 Å².